The van der Waals surface area contributed by atoms with E-state index in [1.54, 1.807) is 12.1 Å². The molecule has 1 heterocycles. The smallest absolute Gasteiger partial charge is 0.370 e. The maximum Gasteiger partial charge on any atom is 0.383 e. The molecular weight excluding hydrogens is 262 g/mol. The lowest BCUT2D eigenvalue weighted by molar-refractivity contribution is 0.394. The molecule has 3 rings (SSSR count). The van der Waals surface area contributed by atoms with Crippen molar-refractivity contribution in [1.29, 1.82) is 0 Å². The van der Waals surface area contributed by atoms with E-state index in [1.165, 1.54) is 0 Å². The summed E-state index contributed by atoms with van der Waals surface area (Å²) in [4.78, 5) is 0. The predicted octanol–water partition coefficient (Wildman–Crippen LogP) is 2.18. The Bertz CT molecular complexity index is 712. The average Bonchev–Trinajstić information content (AvgIpc) is 2.38. The van der Waals surface area contributed by atoms with Gasteiger partial charge in [0.1, 0.15) is 5.75 Å². The summed E-state index contributed by atoms with van der Waals surface area (Å²) in [6.07, 6.45) is 0. The Hall–Kier alpha value is -1.85. The molecule has 0 unspecified atom stereocenters. The zero-order chi connectivity index (χ0) is 13.5. The largest absolute Gasteiger partial charge is 0.383 e. The van der Waals surface area contributed by atoms with Gasteiger partial charge in [-0.15, -0.1) is 0 Å². The maximum absolute atomic E-state index is 11.9. The predicted molar refractivity (Wildman–Crippen MR) is 72.0 cm³/mol. The van der Waals surface area contributed by atoms with Gasteiger partial charge in [-0.2, -0.15) is 13.1 Å². The van der Waals surface area contributed by atoms with E-state index in [1.807, 2.05) is 49.4 Å². The molecule has 1 N–H and O–H groups in total. The highest BCUT2D eigenvalue weighted by atomic mass is 32.2. The summed E-state index contributed by atoms with van der Waals surface area (Å²) in [5.74, 6) is 0.368. The molecule has 1 aliphatic rings. The Labute approximate surface area is 112 Å². The Kier molecular flexibility index (Phi) is 2.62. The van der Waals surface area contributed by atoms with Gasteiger partial charge in [0, 0.05) is 5.56 Å². The topological polar surface area (TPSA) is 55.4 Å². The van der Waals surface area contributed by atoms with Crippen LogP contribution >= 0.6 is 0 Å². The minimum absolute atomic E-state index is 0.368. The van der Waals surface area contributed by atoms with Crippen LogP contribution in [0.3, 0.4) is 0 Å². The zero-order valence-corrected chi connectivity index (χ0v) is 11.1. The summed E-state index contributed by atoms with van der Waals surface area (Å²) in [5, 5.41) is 0. The number of fused-ring (bicyclic) bond motifs is 1. The van der Waals surface area contributed by atoms with E-state index >= 15 is 0 Å². The van der Waals surface area contributed by atoms with Gasteiger partial charge in [-0.1, -0.05) is 48.5 Å². The molecule has 0 aromatic heterocycles. The highest BCUT2D eigenvalue weighted by Crippen LogP contribution is 2.39. The molecule has 0 saturated heterocycles. The summed E-state index contributed by atoms with van der Waals surface area (Å²) in [7, 11) is -3.80. The van der Waals surface area contributed by atoms with E-state index < -0.39 is 15.8 Å². The first-order valence-corrected chi connectivity index (χ1v) is 7.30. The first-order chi connectivity index (χ1) is 9.01. The third kappa shape index (κ3) is 2.01. The number of rotatable bonds is 1. The monoisotopic (exact) mass is 275 g/mol. The number of benzene rings is 2. The molecule has 98 valence electrons. The Morgan fingerprint density at radius 2 is 1.63 bits per heavy atom. The van der Waals surface area contributed by atoms with Crippen molar-refractivity contribution in [2.45, 2.75) is 12.5 Å². The Balaban J connectivity index is 2.26. The second-order valence-electron chi connectivity index (χ2n) is 4.63. The molecule has 0 fully saturated rings. The lowest BCUT2D eigenvalue weighted by Gasteiger charge is -2.36. The highest BCUT2D eigenvalue weighted by Gasteiger charge is 2.41. The molecule has 0 saturated carbocycles. The third-order valence-corrected chi connectivity index (χ3v) is 4.36. The first-order valence-electron chi connectivity index (χ1n) is 5.90. The fraction of sp³-hybridized carbons (Fsp3) is 0.143. The summed E-state index contributed by atoms with van der Waals surface area (Å²) < 4.78 is 31.3. The molecule has 0 bridgehead atoms. The van der Waals surface area contributed by atoms with Crippen LogP contribution in [0.4, 0.5) is 0 Å². The van der Waals surface area contributed by atoms with Crippen molar-refractivity contribution >= 4 is 10.3 Å². The number of nitrogens with one attached hydrogen (secondary N) is 1. The molecule has 1 aliphatic heterocycles. The van der Waals surface area contributed by atoms with Gasteiger partial charge < -0.3 is 4.18 Å². The minimum atomic E-state index is -3.80. The van der Waals surface area contributed by atoms with Crippen molar-refractivity contribution in [2.24, 2.45) is 0 Å². The third-order valence-electron chi connectivity index (χ3n) is 3.31. The second-order valence-corrected chi connectivity index (χ2v) is 5.91. The number of hydrogen-bond acceptors (Lipinski definition) is 3. The normalized spacial score (nSPS) is 24.3. The van der Waals surface area contributed by atoms with Crippen LogP contribution in [0.15, 0.2) is 54.6 Å². The van der Waals surface area contributed by atoms with Gasteiger partial charge in [0.15, 0.2) is 0 Å². The highest BCUT2D eigenvalue weighted by molar-refractivity contribution is 7.85. The van der Waals surface area contributed by atoms with Gasteiger partial charge >= 0.3 is 10.3 Å². The van der Waals surface area contributed by atoms with Crippen molar-refractivity contribution in [3.63, 3.8) is 0 Å². The van der Waals surface area contributed by atoms with Crippen LogP contribution in [0.25, 0.3) is 0 Å². The van der Waals surface area contributed by atoms with Crippen LogP contribution in [0, 0.1) is 0 Å². The number of hydrogen-bond donors (Lipinski definition) is 1. The zero-order valence-electron chi connectivity index (χ0n) is 10.3. The van der Waals surface area contributed by atoms with E-state index in [0.29, 0.717) is 5.75 Å². The van der Waals surface area contributed by atoms with Crippen LogP contribution < -0.4 is 8.91 Å². The van der Waals surface area contributed by atoms with Crippen molar-refractivity contribution in [1.82, 2.24) is 4.72 Å². The molecule has 4 nitrogen and oxygen atoms in total. The van der Waals surface area contributed by atoms with Crippen molar-refractivity contribution in [3.8, 4) is 5.75 Å². The minimum Gasteiger partial charge on any atom is -0.370 e. The van der Waals surface area contributed by atoms with Gasteiger partial charge in [-0.3, -0.25) is 0 Å². The molecule has 2 aromatic carbocycles. The van der Waals surface area contributed by atoms with E-state index in [4.69, 9.17) is 4.18 Å². The van der Waals surface area contributed by atoms with Crippen LogP contribution in [0.1, 0.15) is 18.1 Å². The lowest BCUT2D eigenvalue weighted by Crippen LogP contribution is -2.49. The fourth-order valence-corrected chi connectivity index (χ4v) is 3.53. The van der Waals surface area contributed by atoms with E-state index in [2.05, 4.69) is 4.72 Å². The van der Waals surface area contributed by atoms with Gasteiger partial charge in [0.25, 0.3) is 0 Å². The maximum atomic E-state index is 11.9. The molecular formula is C14H13NO3S. The second kappa shape index (κ2) is 4.08. The van der Waals surface area contributed by atoms with Gasteiger partial charge in [0.2, 0.25) is 0 Å². The summed E-state index contributed by atoms with van der Waals surface area (Å²) >= 11 is 0. The summed E-state index contributed by atoms with van der Waals surface area (Å²) in [5.41, 5.74) is 0.847. The Morgan fingerprint density at radius 3 is 2.37 bits per heavy atom. The molecule has 0 aliphatic carbocycles. The molecule has 1 atom stereocenters. The van der Waals surface area contributed by atoms with E-state index in [0.717, 1.165) is 11.1 Å². The van der Waals surface area contributed by atoms with Crippen molar-refractivity contribution in [3.05, 3.63) is 65.7 Å². The summed E-state index contributed by atoms with van der Waals surface area (Å²) in [6.45, 7) is 1.83. The average molecular weight is 275 g/mol. The standard InChI is InChI=1S/C14H13NO3S/c1-14(11-7-3-2-4-8-11)12-9-5-6-10-13(12)18-19(16,17)15-14/h2-10,15H,1H3/t14-/m1/s1. The number of para-hydroxylation sites is 1. The van der Waals surface area contributed by atoms with Crippen LogP contribution in [-0.2, 0) is 15.8 Å². The van der Waals surface area contributed by atoms with Gasteiger partial charge in [-0.05, 0) is 18.6 Å². The SMILES string of the molecule is C[C@]1(c2ccccc2)NS(=O)(=O)Oc2ccccc21. The lowest BCUT2D eigenvalue weighted by atomic mass is 9.85. The molecule has 5 heteroatoms. The molecule has 0 amide bonds. The van der Waals surface area contributed by atoms with Gasteiger partial charge in [0.05, 0.1) is 5.54 Å². The van der Waals surface area contributed by atoms with E-state index in [-0.39, 0.29) is 0 Å². The Morgan fingerprint density at radius 1 is 1.00 bits per heavy atom. The first kappa shape index (κ1) is 12.2. The van der Waals surface area contributed by atoms with Crippen LogP contribution in [0.2, 0.25) is 0 Å². The molecule has 0 radical (unpaired) electrons. The molecule has 2 aromatic rings. The molecule has 0 spiro atoms. The quantitative estimate of drug-likeness (QED) is 0.868. The van der Waals surface area contributed by atoms with Crippen LogP contribution in [0.5, 0.6) is 5.75 Å². The molecule has 19 heavy (non-hydrogen) atoms. The van der Waals surface area contributed by atoms with Crippen molar-refractivity contribution < 1.29 is 12.6 Å². The van der Waals surface area contributed by atoms with Gasteiger partial charge in [-0.25, -0.2) is 0 Å². The fourth-order valence-electron chi connectivity index (χ4n) is 2.38. The van der Waals surface area contributed by atoms with Crippen LogP contribution in [-0.4, -0.2) is 8.42 Å². The van der Waals surface area contributed by atoms with Crippen molar-refractivity contribution in [2.75, 3.05) is 0 Å². The summed E-state index contributed by atoms with van der Waals surface area (Å²) in [6, 6.07) is 16.6. The van der Waals surface area contributed by atoms with E-state index in [9.17, 15) is 8.42 Å².